The van der Waals surface area contributed by atoms with Crippen molar-refractivity contribution in [3.63, 3.8) is 0 Å². The molecule has 0 saturated carbocycles. The first kappa shape index (κ1) is 18.8. The molecule has 1 aliphatic rings. The van der Waals surface area contributed by atoms with E-state index in [4.69, 9.17) is 14.2 Å². The van der Waals surface area contributed by atoms with Gasteiger partial charge in [-0.05, 0) is 43.0 Å². The predicted octanol–water partition coefficient (Wildman–Crippen LogP) is 4.19. The first-order valence-electron chi connectivity index (χ1n) is 9.45. The van der Waals surface area contributed by atoms with Gasteiger partial charge in [0.25, 0.3) is 5.91 Å². The number of amides is 1. The van der Waals surface area contributed by atoms with E-state index < -0.39 is 0 Å². The molecule has 0 aliphatic carbocycles. The van der Waals surface area contributed by atoms with E-state index in [2.05, 4.69) is 5.16 Å². The van der Waals surface area contributed by atoms with Gasteiger partial charge < -0.3 is 14.2 Å². The van der Waals surface area contributed by atoms with E-state index >= 15 is 0 Å². The molecule has 1 atom stereocenters. The lowest BCUT2D eigenvalue weighted by Gasteiger charge is -2.32. The van der Waals surface area contributed by atoms with Gasteiger partial charge in [-0.15, -0.1) is 11.3 Å². The molecule has 0 radical (unpaired) electrons. The van der Waals surface area contributed by atoms with E-state index in [1.54, 1.807) is 0 Å². The lowest BCUT2D eigenvalue weighted by molar-refractivity contribution is -0.0245. The first-order valence-corrected chi connectivity index (χ1v) is 10.3. The quantitative estimate of drug-likeness (QED) is 0.660. The zero-order valence-corrected chi connectivity index (χ0v) is 17.1. The fraction of sp³-hybridized carbons (Fsp3) is 0.381. The maximum absolute atomic E-state index is 12.8. The van der Waals surface area contributed by atoms with Gasteiger partial charge in [-0.1, -0.05) is 18.1 Å². The molecule has 6 nitrogen and oxygen atoms in total. The summed E-state index contributed by atoms with van der Waals surface area (Å²) in [6.07, 6.45) is 0.508. The summed E-state index contributed by atoms with van der Waals surface area (Å²) in [5.74, 6) is 0.891. The lowest BCUT2D eigenvalue weighted by Crippen LogP contribution is -2.42. The Hall–Kier alpha value is -2.51. The Bertz CT molecular complexity index is 994. The summed E-state index contributed by atoms with van der Waals surface area (Å²) in [6, 6.07) is 7.82. The zero-order chi connectivity index (χ0) is 19.7. The van der Waals surface area contributed by atoms with Gasteiger partial charge in [0.1, 0.15) is 11.9 Å². The van der Waals surface area contributed by atoms with E-state index in [0.29, 0.717) is 19.7 Å². The molecule has 4 rings (SSSR count). The molecule has 3 aromatic rings. The fourth-order valence-corrected chi connectivity index (χ4v) is 4.33. The minimum absolute atomic E-state index is 0.0608. The van der Waals surface area contributed by atoms with Crippen molar-refractivity contribution in [1.29, 1.82) is 0 Å². The second-order valence-corrected chi connectivity index (χ2v) is 7.88. The minimum Gasteiger partial charge on any atom is -0.368 e. The van der Waals surface area contributed by atoms with E-state index in [9.17, 15) is 4.79 Å². The molecule has 1 fully saturated rings. The molecule has 0 spiro atoms. The first-order chi connectivity index (χ1) is 13.6. The van der Waals surface area contributed by atoms with Crippen LogP contribution in [0.4, 0.5) is 0 Å². The van der Waals surface area contributed by atoms with Crippen molar-refractivity contribution < 1.29 is 14.1 Å². The number of ether oxygens (including phenoxy) is 1. The monoisotopic (exact) mass is 397 g/mol. The van der Waals surface area contributed by atoms with Gasteiger partial charge in [-0.2, -0.15) is 0 Å². The molecule has 0 aromatic carbocycles. The number of carbonyl (C=O) groups is 1. The van der Waals surface area contributed by atoms with Gasteiger partial charge in [-0.3, -0.25) is 4.79 Å². The van der Waals surface area contributed by atoms with Gasteiger partial charge in [0.15, 0.2) is 0 Å². The smallest absolute Gasteiger partial charge is 0.264 e. The molecule has 28 heavy (non-hydrogen) atoms. The van der Waals surface area contributed by atoms with Crippen LogP contribution < -0.4 is 0 Å². The normalized spacial score (nSPS) is 17.1. The van der Waals surface area contributed by atoms with Gasteiger partial charge in [0.2, 0.25) is 0 Å². The van der Waals surface area contributed by atoms with Gasteiger partial charge in [0, 0.05) is 13.0 Å². The van der Waals surface area contributed by atoms with E-state index in [1.807, 2.05) is 55.3 Å². The molecular formula is C21H23N3O3S. The Morgan fingerprint density at radius 2 is 2.21 bits per heavy atom. The molecule has 0 unspecified atom stereocenters. The molecule has 0 bridgehead atoms. The standard InChI is InChI=1S/C21H23N3O3S/c1-4-17-20(14(3)23-27-17)16-7-5-6-15(22-16)18-11-24(8-9-26-18)21(25)19-10-13(2)12-28-19/h5-7,10,12,18H,4,8-9,11H2,1-3H3/t18-/m1/s1. The van der Waals surface area contributed by atoms with Crippen molar-refractivity contribution >= 4 is 17.2 Å². The highest BCUT2D eigenvalue weighted by atomic mass is 32.1. The molecule has 1 aliphatic heterocycles. The van der Waals surface area contributed by atoms with Gasteiger partial charge >= 0.3 is 0 Å². The second-order valence-electron chi connectivity index (χ2n) is 6.97. The molecule has 4 heterocycles. The minimum atomic E-state index is -0.246. The van der Waals surface area contributed by atoms with Crippen molar-refractivity contribution in [2.45, 2.75) is 33.3 Å². The average Bonchev–Trinajstić information content (AvgIpc) is 3.33. The van der Waals surface area contributed by atoms with Crippen molar-refractivity contribution in [2.24, 2.45) is 0 Å². The molecule has 1 amide bonds. The summed E-state index contributed by atoms with van der Waals surface area (Å²) >= 11 is 1.49. The number of aryl methyl sites for hydroxylation is 3. The van der Waals surface area contributed by atoms with Gasteiger partial charge in [0.05, 0.1) is 40.7 Å². The van der Waals surface area contributed by atoms with Gasteiger partial charge in [-0.25, -0.2) is 4.98 Å². The summed E-state index contributed by atoms with van der Waals surface area (Å²) < 4.78 is 11.4. The Balaban J connectivity index is 1.57. The highest BCUT2D eigenvalue weighted by Crippen LogP contribution is 2.29. The van der Waals surface area contributed by atoms with Crippen LogP contribution >= 0.6 is 11.3 Å². The maximum atomic E-state index is 12.8. The number of pyridine rings is 1. The fourth-order valence-electron chi connectivity index (χ4n) is 3.47. The predicted molar refractivity (Wildman–Crippen MR) is 108 cm³/mol. The van der Waals surface area contributed by atoms with Crippen LogP contribution in [0, 0.1) is 13.8 Å². The third-order valence-electron chi connectivity index (χ3n) is 4.91. The number of carbonyl (C=O) groups excluding carboxylic acids is 1. The highest BCUT2D eigenvalue weighted by molar-refractivity contribution is 7.12. The number of nitrogens with zero attached hydrogens (tertiary/aromatic N) is 3. The topological polar surface area (TPSA) is 68.5 Å². The summed E-state index contributed by atoms with van der Waals surface area (Å²) in [4.78, 5) is 20.3. The summed E-state index contributed by atoms with van der Waals surface area (Å²) in [5.41, 5.74) is 4.54. The van der Waals surface area contributed by atoms with Crippen LogP contribution in [-0.4, -0.2) is 40.6 Å². The number of aromatic nitrogens is 2. The number of rotatable bonds is 4. The van der Waals surface area contributed by atoms with Crippen LogP contribution in [-0.2, 0) is 11.2 Å². The molecule has 7 heteroatoms. The summed E-state index contributed by atoms with van der Waals surface area (Å²) in [5, 5.41) is 6.08. The number of hydrogen-bond donors (Lipinski definition) is 0. The summed E-state index contributed by atoms with van der Waals surface area (Å²) in [6.45, 7) is 7.55. The van der Waals surface area contributed by atoms with Crippen LogP contribution in [0.15, 0.2) is 34.2 Å². The third kappa shape index (κ3) is 3.59. The van der Waals surface area contributed by atoms with Crippen LogP contribution in [0.1, 0.15) is 45.4 Å². The maximum Gasteiger partial charge on any atom is 0.264 e. The van der Waals surface area contributed by atoms with Crippen LogP contribution in [0.2, 0.25) is 0 Å². The van der Waals surface area contributed by atoms with E-state index in [-0.39, 0.29) is 12.0 Å². The number of thiophene rings is 1. The molecule has 3 aromatic heterocycles. The Morgan fingerprint density at radius 3 is 2.96 bits per heavy atom. The van der Waals surface area contributed by atoms with Crippen molar-refractivity contribution in [1.82, 2.24) is 15.0 Å². The molecule has 146 valence electrons. The Labute approximate surface area is 168 Å². The van der Waals surface area contributed by atoms with Crippen molar-refractivity contribution in [3.05, 3.63) is 57.2 Å². The third-order valence-corrected chi connectivity index (χ3v) is 5.94. The van der Waals surface area contributed by atoms with Crippen LogP contribution in [0.3, 0.4) is 0 Å². The largest absolute Gasteiger partial charge is 0.368 e. The van der Waals surface area contributed by atoms with Crippen LogP contribution in [0.25, 0.3) is 11.3 Å². The number of morpholine rings is 1. The van der Waals surface area contributed by atoms with E-state index in [1.165, 1.54) is 11.3 Å². The van der Waals surface area contributed by atoms with Crippen molar-refractivity contribution in [3.8, 4) is 11.3 Å². The molecular weight excluding hydrogens is 374 g/mol. The highest BCUT2D eigenvalue weighted by Gasteiger charge is 2.28. The average molecular weight is 398 g/mol. The second kappa shape index (κ2) is 7.85. The zero-order valence-electron chi connectivity index (χ0n) is 16.3. The lowest BCUT2D eigenvalue weighted by atomic mass is 10.1. The Kier molecular flexibility index (Phi) is 5.28. The van der Waals surface area contributed by atoms with E-state index in [0.717, 1.165) is 45.3 Å². The molecule has 0 N–H and O–H groups in total. The van der Waals surface area contributed by atoms with Crippen LogP contribution in [0.5, 0.6) is 0 Å². The SMILES string of the molecule is CCc1onc(C)c1-c1cccc([C@H]2CN(C(=O)c3cc(C)cs3)CCO2)n1. The molecule has 1 saturated heterocycles. The summed E-state index contributed by atoms with van der Waals surface area (Å²) in [7, 11) is 0. The Morgan fingerprint density at radius 1 is 1.36 bits per heavy atom. The number of hydrogen-bond acceptors (Lipinski definition) is 6. The van der Waals surface area contributed by atoms with Crippen molar-refractivity contribution in [2.75, 3.05) is 19.7 Å².